The van der Waals surface area contributed by atoms with Gasteiger partial charge in [-0.15, -0.1) is 11.3 Å². The lowest BCUT2D eigenvalue weighted by atomic mass is 10.2. The van der Waals surface area contributed by atoms with E-state index in [1.165, 1.54) is 16.2 Å². The summed E-state index contributed by atoms with van der Waals surface area (Å²) < 4.78 is 0.893. The smallest absolute Gasteiger partial charge is 0.264 e. The fraction of sp³-hybridized carbons (Fsp3) is 0.267. The van der Waals surface area contributed by atoms with Crippen LogP contribution in [0.4, 0.5) is 0 Å². The summed E-state index contributed by atoms with van der Waals surface area (Å²) >= 11 is 4.68. The van der Waals surface area contributed by atoms with Crippen molar-refractivity contribution in [1.29, 1.82) is 0 Å². The van der Waals surface area contributed by atoms with Crippen LogP contribution in [0.5, 0.6) is 0 Å². The lowest BCUT2D eigenvalue weighted by Crippen LogP contribution is -2.38. The van der Waals surface area contributed by atoms with Crippen LogP contribution in [0.15, 0.2) is 40.4 Å². The first-order valence-electron chi connectivity index (χ1n) is 6.61. The molecule has 0 aliphatic heterocycles. The standard InChI is InChI=1S/C15H16BrN3O2S/c1-18(9-11-4-3-7-17-8-11)14(20)10-19(2)15(21)12-5-6-13(16)22-12/h3-8H,9-10H2,1-2H3. The number of nitrogens with zero attached hydrogens (tertiary/aromatic N) is 3. The first-order valence-corrected chi connectivity index (χ1v) is 8.22. The highest BCUT2D eigenvalue weighted by atomic mass is 79.9. The zero-order valence-electron chi connectivity index (χ0n) is 12.3. The number of likely N-dealkylation sites (N-methyl/N-ethyl adjacent to an activating group) is 2. The van der Waals surface area contributed by atoms with Gasteiger partial charge in [-0.3, -0.25) is 14.6 Å². The van der Waals surface area contributed by atoms with Gasteiger partial charge in [0.15, 0.2) is 0 Å². The van der Waals surface area contributed by atoms with Crippen LogP contribution < -0.4 is 0 Å². The van der Waals surface area contributed by atoms with Crippen molar-refractivity contribution in [1.82, 2.24) is 14.8 Å². The summed E-state index contributed by atoms with van der Waals surface area (Å²) in [7, 11) is 3.35. The SMILES string of the molecule is CN(Cc1cccnc1)C(=O)CN(C)C(=O)c1ccc(Br)s1. The van der Waals surface area contributed by atoms with Gasteiger partial charge in [0.25, 0.3) is 5.91 Å². The molecule has 5 nitrogen and oxygen atoms in total. The second-order valence-corrected chi connectivity index (χ2v) is 7.34. The van der Waals surface area contributed by atoms with Gasteiger partial charge in [-0.2, -0.15) is 0 Å². The number of amides is 2. The Labute approximate surface area is 141 Å². The predicted octanol–water partition coefficient (Wildman–Crippen LogP) is 2.64. The van der Waals surface area contributed by atoms with Crippen LogP contribution in [-0.4, -0.2) is 47.2 Å². The van der Waals surface area contributed by atoms with Crippen molar-refractivity contribution in [2.24, 2.45) is 0 Å². The average molecular weight is 382 g/mol. The van der Waals surface area contributed by atoms with Crippen molar-refractivity contribution >= 4 is 39.1 Å². The molecule has 0 N–H and O–H groups in total. The number of halogens is 1. The summed E-state index contributed by atoms with van der Waals surface area (Å²) in [5, 5.41) is 0. The molecule has 0 bridgehead atoms. The molecular formula is C15H16BrN3O2S. The van der Waals surface area contributed by atoms with Crippen molar-refractivity contribution in [3.8, 4) is 0 Å². The van der Waals surface area contributed by atoms with Crippen molar-refractivity contribution < 1.29 is 9.59 Å². The van der Waals surface area contributed by atoms with Crippen LogP contribution in [0, 0.1) is 0 Å². The zero-order chi connectivity index (χ0) is 16.1. The van der Waals surface area contributed by atoms with E-state index >= 15 is 0 Å². The average Bonchev–Trinajstić information content (AvgIpc) is 2.93. The molecule has 2 aromatic rings. The Hall–Kier alpha value is -1.73. The Morgan fingerprint density at radius 2 is 2.00 bits per heavy atom. The zero-order valence-corrected chi connectivity index (χ0v) is 14.7. The minimum Gasteiger partial charge on any atom is -0.340 e. The Kier molecular flexibility index (Phi) is 5.68. The first-order chi connectivity index (χ1) is 10.5. The van der Waals surface area contributed by atoms with Crippen molar-refractivity contribution in [2.45, 2.75) is 6.54 Å². The summed E-state index contributed by atoms with van der Waals surface area (Å²) in [6.07, 6.45) is 3.42. The van der Waals surface area contributed by atoms with Crippen LogP contribution in [0.25, 0.3) is 0 Å². The molecule has 0 radical (unpaired) electrons. The third-order valence-corrected chi connectivity index (χ3v) is 4.68. The monoisotopic (exact) mass is 381 g/mol. The van der Waals surface area contributed by atoms with E-state index in [9.17, 15) is 9.59 Å². The minimum absolute atomic E-state index is 0.0467. The van der Waals surface area contributed by atoms with E-state index in [0.717, 1.165) is 9.35 Å². The van der Waals surface area contributed by atoms with Gasteiger partial charge < -0.3 is 9.80 Å². The van der Waals surface area contributed by atoms with Gasteiger partial charge in [0.2, 0.25) is 5.91 Å². The molecule has 116 valence electrons. The topological polar surface area (TPSA) is 53.5 Å². The molecule has 2 amide bonds. The number of hydrogen-bond acceptors (Lipinski definition) is 4. The molecule has 7 heteroatoms. The highest BCUT2D eigenvalue weighted by Crippen LogP contribution is 2.23. The van der Waals surface area contributed by atoms with Gasteiger partial charge in [-0.1, -0.05) is 6.07 Å². The third kappa shape index (κ3) is 4.38. The maximum absolute atomic E-state index is 12.2. The van der Waals surface area contributed by atoms with E-state index in [0.29, 0.717) is 11.4 Å². The highest BCUT2D eigenvalue weighted by molar-refractivity contribution is 9.11. The number of hydrogen-bond donors (Lipinski definition) is 0. The molecule has 0 fully saturated rings. The van der Waals surface area contributed by atoms with Crippen LogP contribution >= 0.6 is 27.3 Å². The summed E-state index contributed by atoms with van der Waals surface area (Å²) in [5.41, 5.74) is 0.953. The third-order valence-electron chi connectivity index (χ3n) is 3.07. The molecule has 0 spiro atoms. The molecule has 2 rings (SSSR count). The van der Waals surface area contributed by atoms with Crippen molar-refractivity contribution in [2.75, 3.05) is 20.6 Å². The van der Waals surface area contributed by atoms with Crippen molar-refractivity contribution in [3.05, 3.63) is 50.9 Å². The lowest BCUT2D eigenvalue weighted by molar-refractivity contribution is -0.130. The lowest BCUT2D eigenvalue weighted by Gasteiger charge is -2.21. The molecule has 0 saturated carbocycles. The molecular weight excluding hydrogens is 366 g/mol. The maximum atomic E-state index is 12.2. The molecule has 0 aliphatic rings. The second-order valence-electron chi connectivity index (χ2n) is 4.88. The largest absolute Gasteiger partial charge is 0.340 e. The van der Waals surface area contributed by atoms with Crippen molar-refractivity contribution in [3.63, 3.8) is 0 Å². The summed E-state index contributed by atoms with van der Waals surface area (Å²) in [4.78, 5) is 32.1. The molecule has 0 saturated heterocycles. The van der Waals surface area contributed by atoms with Crippen LogP contribution in [0.2, 0.25) is 0 Å². The van der Waals surface area contributed by atoms with E-state index in [-0.39, 0.29) is 18.4 Å². The molecule has 0 aliphatic carbocycles. The molecule has 0 atom stereocenters. The Bertz CT molecular complexity index is 660. The number of pyridine rings is 1. The Morgan fingerprint density at radius 3 is 2.59 bits per heavy atom. The van der Waals surface area contributed by atoms with E-state index < -0.39 is 0 Å². The van der Waals surface area contributed by atoms with Gasteiger partial charge in [-0.05, 0) is 39.7 Å². The van der Waals surface area contributed by atoms with Crippen LogP contribution in [0.3, 0.4) is 0 Å². The molecule has 0 unspecified atom stereocenters. The van der Waals surface area contributed by atoms with Gasteiger partial charge in [0.05, 0.1) is 15.2 Å². The number of aromatic nitrogens is 1. The summed E-state index contributed by atoms with van der Waals surface area (Å²) in [6, 6.07) is 7.31. The van der Waals surface area contributed by atoms with Gasteiger partial charge >= 0.3 is 0 Å². The van der Waals surface area contributed by atoms with Crippen LogP contribution in [-0.2, 0) is 11.3 Å². The van der Waals surface area contributed by atoms with Gasteiger partial charge in [-0.25, -0.2) is 0 Å². The predicted molar refractivity (Wildman–Crippen MR) is 89.7 cm³/mol. The quantitative estimate of drug-likeness (QED) is 0.799. The summed E-state index contributed by atoms with van der Waals surface area (Å²) in [6.45, 7) is 0.518. The summed E-state index contributed by atoms with van der Waals surface area (Å²) in [5.74, 6) is -0.269. The normalized spacial score (nSPS) is 10.3. The number of rotatable bonds is 5. The Balaban J connectivity index is 1.91. The Morgan fingerprint density at radius 1 is 1.23 bits per heavy atom. The number of thiophene rings is 1. The van der Waals surface area contributed by atoms with E-state index in [1.807, 2.05) is 18.2 Å². The molecule has 2 heterocycles. The molecule has 2 aromatic heterocycles. The fourth-order valence-electron chi connectivity index (χ4n) is 1.87. The highest BCUT2D eigenvalue weighted by Gasteiger charge is 2.18. The fourth-order valence-corrected chi connectivity index (χ4v) is 3.25. The molecule has 0 aromatic carbocycles. The minimum atomic E-state index is -0.154. The number of carbonyl (C=O) groups is 2. The first kappa shape index (κ1) is 16.6. The van der Waals surface area contributed by atoms with E-state index in [4.69, 9.17) is 0 Å². The number of carbonyl (C=O) groups excluding carboxylic acids is 2. The van der Waals surface area contributed by atoms with E-state index in [2.05, 4.69) is 20.9 Å². The van der Waals surface area contributed by atoms with Crippen LogP contribution in [0.1, 0.15) is 15.2 Å². The second kappa shape index (κ2) is 7.51. The maximum Gasteiger partial charge on any atom is 0.264 e. The van der Waals surface area contributed by atoms with E-state index in [1.54, 1.807) is 37.5 Å². The molecule has 22 heavy (non-hydrogen) atoms. The van der Waals surface area contributed by atoms with Gasteiger partial charge in [0, 0.05) is 33.0 Å². The van der Waals surface area contributed by atoms with Gasteiger partial charge in [0.1, 0.15) is 0 Å².